The van der Waals surface area contributed by atoms with E-state index in [0.717, 1.165) is 38.1 Å². The molecule has 2 aromatic carbocycles. The van der Waals surface area contributed by atoms with Crippen LogP contribution in [0.15, 0.2) is 48.7 Å². The second-order valence-electron chi connectivity index (χ2n) is 9.78. The molecule has 2 aliphatic rings. The number of pyridine rings is 1. The number of carbonyl (C=O) groups excluding carboxylic acids is 2. The zero-order valence-corrected chi connectivity index (χ0v) is 22.1. The number of ether oxygens (including phenoxy) is 1. The Morgan fingerprint density at radius 1 is 1.18 bits per heavy atom. The Kier molecular flexibility index (Phi) is 6.40. The summed E-state index contributed by atoms with van der Waals surface area (Å²) in [5, 5.41) is 6.73. The number of carbonyl (C=O) groups is 2. The number of rotatable bonds is 5. The number of hydrogen-bond donors (Lipinski definition) is 2. The second-order valence-corrected chi connectivity index (χ2v) is 10.8. The fourth-order valence-corrected chi connectivity index (χ4v) is 6.17. The third kappa shape index (κ3) is 4.68. The molecule has 4 aromatic rings. The lowest BCUT2D eigenvalue weighted by atomic mass is 10.1. The Hall–Kier alpha value is -4.09. The van der Waals surface area contributed by atoms with E-state index < -0.39 is 17.7 Å². The molecule has 39 heavy (non-hydrogen) atoms. The number of aromatic nitrogens is 1. The number of nitrogens with one attached hydrogen (secondary N) is 2. The smallest absolute Gasteiger partial charge is 0.331 e. The molecular formula is C28H25F2N5O3S. The van der Waals surface area contributed by atoms with E-state index >= 15 is 0 Å². The number of urea groups is 1. The number of amides is 3. The van der Waals surface area contributed by atoms with Gasteiger partial charge >= 0.3 is 6.03 Å². The van der Waals surface area contributed by atoms with Gasteiger partial charge in [0, 0.05) is 24.8 Å². The number of piperidine rings is 1. The molecule has 3 amide bonds. The molecular weight excluding hydrogens is 524 g/mol. The number of hydrogen-bond acceptors (Lipinski definition) is 6. The predicted octanol–water partition coefficient (Wildman–Crippen LogP) is 6.18. The molecule has 2 aliphatic heterocycles. The minimum absolute atomic E-state index is 0.0450. The van der Waals surface area contributed by atoms with E-state index in [1.165, 1.54) is 22.3 Å². The Morgan fingerprint density at radius 2 is 2.03 bits per heavy atom. The monoisotopic (exact) mass is 549 g/mol. The van der Waals surface area contributed by atoms with Gasteiger partial charge in [0.05, 0.1) is 22.4 Å². The summed E-state index contributed by atoms with van der Waals surface area (Å²) in [6.07, 6.45) is 3.54. The molecule has 0 unspecified atom stereocenters. The number of likely N-dealkylation sites (tertiary alicyclic amines) is 1. The number of likely N-dealkylation sites (N-methyl/N-ethyl adjacent to an activating group) is 1. The van der Waals surface area contributed by atoms with Crippen LogP contribution in [-0.2, 0) is 0 Å². The van der Waals surface area contributed by atoms with Crippen molar-refractivity contribution < 1.29 is 23.1 Å². The van der Waals surface area contributed by atoms with Gasteiger partial charge in [-0.3, -0.25) is 9.69 Å². The summed E-state index contributed by atoms with van der Waals surface area (Å²) in [4.78, 5) is 36.0. The standard InChI is InChI=1S/C28H25F2N5O3S/c1-15-12-18(38-22-8-5-16(29)13-19(22)30)6-7-20(15)35-21-9-10-31-27-23(21)24(33-28(35)37)25(39-27)26(36)32-17-4-3-11-34(2)14-17/h5-10,12-13,17H,3-4,11,14H2,1-2H3,(H,32,36)(H,33,37)/t17-/m1/s1. The van der Waals surface area contributed by atoms with Crippen LogP contribution in [0.5, 0.6) is 11.5 Å². The van der Waals surface area contributed by atoms with E-state index in [-0.39, 0.29) is 17.7 Å². The lowest BCUT2D eigenvalue weighted by Crippen LogP contribution is -2.46. The number of halogens is 2. The van der Waals surface area contributed by atoms with Gasteiger partial charge in [0.15, 0.2) is 11.6 Å². The van der Waals surface area contributed by atoms with Crippen LogP contribution in [0.25, 0.3) is 10.2 Å². The van der Waals surface area contributed by atoms with Crippen molar-refractivity contribution in [2.75, 3.05) is 30.4 Å². The first-order valence-electron chi connectivity index (χ1n) is 12.5. The molecule has 0 saturated carbocycles. The summed E-state index contributed by atoms with van der Waals surface area (Å²) in [6.45, 7) is 3.59. The van der Waals surface area contributed by atoms with Crippen LogP contribution in [0.1, 0.15) is 28.1 Å². The molecule has 0 bridgehead atoms. The van der Waals surface area contributed by atoms with Gasteiger partial charge in [0.25, 0.3) is 5.91 Å². The first-order chi connectivity index (χ1) is 18.8. The largest absolute Gasteiger partial charge is 0.454 e. The fourth-order valence-electron chi connectivity index (χ4n) is 5.15. The van der Waals surface area contributed by atoms with Crippen molar-refractivity contribution in [2.24, 2.45) is 0 Å². The number of anilines is 3. The highest BCUT2D eigenvalue weighted by Crippen LogP contribution is 2.46. The van der Waals surface area contributed by atoms with Crippen molar-refractivity contribution in [1.29, 1.82) is 0 Å². The zero-order chi connectivity index (χ0) is 27.3. The van der Waals surface area contributed by atoms with Crippen LogP contribution in [0.4, 0.5) is 30.6 Å². The number of nitrogens with zero attached hydrogens (tertiary/aromatic N) is 3. The van der Waals surface area contributed by atoms with Crippen LogP contribution in [0.3, 0.4) is 0 Å². The average molecular weight is 550 g/mol. The summed E-state index contributed by atoms with van der Waals surface area (Å²) < 4.78 is 32.9. The molecule has 0 aliphatic carbocycles. The minimum atomic E-state index is -0.813. The van der Waals surface area contributed by atoms with Crippen molar-refractivity contribution >= 4 is 50.6 Å². The highest BCUT2D eigenvalue weighted by atomic mass is 32.1. The van der Waals surface area contributed by atoms with Gasteiger partial charge < -0.3 is 20.3 Å². The topological polar surface area (TPSA) is 86.8 Å². The summed E-state index contributed by atoms with van der Waals surface area (Å²) in [5.41, 5.74) is 2.34. The van der Waals surface area contributed by atoms with Gasteiger partial charge in [-0.05, 0) is 75.3 Å². The lowest BCUT2D eigenvalue weighted by molar-refractivity contribution is 0.0917. The molecule has 11 heteroatoms. The van der Waals surface area contributed by atoms with Crippen molar-refractivity contribution in [3.8, 4) is 11.5 Å². The van der Waals surface area contributed by atoms with E-state index in [9.17, 15) is 18.4 Å². The van der Waals surface area contributed by atoms with Gasteiger partial charge in [-0.1, -0.05) is 0 Å². The maximum atomic E-state index is 14.1. The molecule has 1 saturated heterocycles. The molecule has 0 radical (unpaired) electrons. The Bertz CT molecular complexity index is 1620. The van der Waals surface area contributed by atoms with E-state index in [4.69, 9.17) is 4.74 Å². The van der Waals surface area contributed by atoms with Crippen molar-refractivity contribution in [1.82, 2.24) is 15.2 Å². The maximum Gasteiger partial charge on any atom is 0.331 e. The summed E-state index contributed by atoms with van der Waals surface area (Å²) in [5.74, 6) is -1.50. The molecule has 0 spiro atoms. The third-order valence-corrected chi connectivity index (χ3v) is 8.04. The maximum absolute atomic E-state index is 14.1. The molecule has 1 fully saturated rings. The van der Waals surface area contributed by atoms with Gasteiger partial charge in [0.2, 0.25) is 0 Å². The highest BCUT2D eigenvalue weighted by Gasteiger charge is 2.34. The normalized spacial score (nSPS) is 17.3. The van der Waals surface area contributed by atoms with Crippen LogP contribution < -0.4 is 20.3 Å². The second kappa shape index (κ2) is 9.90. The van der Waals surface area contributed by atoms with Crippen molar-refractivity contribution in [2.45, 2.75) is 25.8 Å². The van der Waals surface area contributed by atoms with E-state index in [1.54, 1.807) is 37.4 Å². The Balaban J connectivity index is 1.32. The minimum Gasteiger partial charge on any atom is -0.454 e. The van der Waals surface area contributed by atoms with Crippen molar-refractivity contribution in [3.05, 3.63) is 70.7 Å². The summed E-state index contributed by atoms with van der Waals surface area (Å²) in [6, 6.07) is 9.45. The number of benzene rings is 2. The molecule has 4 heterocycles. The van der Waals surface area contributed by atoms with Gasteiger partial charge in [-0.15, -0.1) is 11.3 Å². The van der Waals surface area contributed by atoms with Crippen molar-refractivity contribution in [3.63, 3.8) is 0 Å². The SMILES string of the molecule is Cc1cc(Oc2ccc(F)cc2F)ccc1N1C(=O)Nc2c(C(=O)N[C@@H]3CCCN(C)C3)sc3nccc1c23. The van der Waals surface area contributed by atoms with Crippen LogP contribution >= 0.6 is 11.3 Å². The highest BCUT2D eigenvalue weighted by molar-refractivity contribution is 7.21. The zero-order valence-electron chi connectivity index (χ0n) is 21.3. The molecule has 1 atom stereocenters. The van der Waals surface area contributed by atoms with E-state index in [2.05, 4.69) is 20.5 Å². The number of thiophene rings is 1. The summed E-state index contributed by atoms with van der Waals surface area (Å²) >= 11 is 1.25. The Morgan fingerprint density at radius 3 is 2.79 bits per heavy atom. The van der Waals surface area contributed by atoms with Gasteiger partial charge in [-0.2, -0.15) is 0 Å². The Labute approximate surface area is 227 Å². The quantitative estimate of drug-likeness (QED) is 0.310. The van der Waals surface area contributed by atoms with Crippen LogP contribution in [-0.4, -0.2) is 48.0 Å². The lowest BCUT2D eigenvalue weighted by Gasteiger charge is -2.31. The first-order valence-corrected chi connectivity index (χ1v) is 13.4. The molecule has 8 nitrogen and oxygen atoms in total. The number of aryl methyl sites for hydroxylation is 1. The van der Waals surface area contributed by atoms with Crippen LogP contribution in [0, 0.1) is 18.6 Å². The fraction of sp³-hybridized carbons (Fsp3) is 0.250. The molecule has 2 aromatic heterocycles. The van der Waals surface area contributed by atoms with Gasteiger partial charge in [-0.25, -0.2) is 18.6 Å². The molecule has 200 valence electrons. The summed E-state index contributed by atoms with van der Waals surface area (Å²) in [7, 11) is 2.04. The molecule has 6 rings (SSSR count). The van der Waals surface area contributed by atoms with Gasteiger partial charge in [0.1, 0.15) is 21.3 Å². The van der Waals surface area contributed by atoms with E-state index in [0.29, 0.717) is 43.5 Å². The molecule has 2 N–H and O–H groups in total. The third-order valence-electron chi connectivity index (χ3n) is 6.94. The first kappa shape index (κ1) is 25.2. The van der Waals surface area contributed by atoms with E-state index in [1.807, 2.05) is 7.05 Å². The average Bonchev–Trinajstić information content (AvgIpc) is 3.26. The van der Waals surface area contributed by atoms with Crippen LogP contribution in [0.2, 0.25) is 0 Å². The predicted molar refractivity (Wildman–Crippen MR) is 146 cm³/mol.